The third kappa shape index (κ3) is 3.09. The summed E-state index contributed by atoms with van der Waals surface area (Å²) in [6.07, 6.45) is 0. The molecule has 116 valence electrons. The van der Waals surface area contributed by atoms with Gasteiger partial charge >= 0.3 is 0 Å². The second-order valence-corrected chi connectivity index (χ2v) is 6.78. The Hall–Kier alpha value is -2.49. The lowest BCUT2D eigenvalue weighted by Crippen LogP contribution is -1.79. The lowest BCUT2D eigenvalue weighted by molar-refractivity contribution is 1.10. The maximum atomic E-state index is 5.93. The molecule has 0 aliphatic heterocycles. The molecule has 24 heavy (non-hydrogen) atoms. The molecule has 0 aliphatic rings. The molecule has 0 bridgehead atoms. The molecule has 0 fully saturated rings. The van der Waals surface area contributed by atoms with Crippen molar-refractivity contribution < 1.29 is 0 Å². The number of hydrogen-bond donors (Lipinski definition) is 0. The van der Waals surface area contributed by atoms with E-state index in [1.54, 1.807) is 11.3 Å². The summed E-state index contributed by atoms with van der Waals surface area (Å²) in [6, 6.07) is 26.4. The molecule has 0 N–H and O–H groups in total. The van der Waals surface area contributed by atoms with Gasteiger partial charge in [-0.25, -0.2) is 0 Å². The van der Waals surface area contributed by atoms with Crippen molar-refractivity contribution in [2.75, 3.05) is 0 Å². The van der Waals surface area contributed by atoms with Crippen molar-refractivity contribution in [1.29, 1.82) is 0 Å². The third-order valence-electron chi connectivity index (χ3n) is 3.76. The van der Waals surface area contributed by atoms with Gasteiger partial charge in [-0.1, -0.05) is 89.7 Å². The first kappa shape index (κ1) is 15.1. The monoisotopic (exact) mass is 348 g/mol. The Morgan fingerprint density at radius 3 is 1.58 bits per heavy atom. The van der Waals surface area contributed by atoms with E-state index in [1.807, 2.05) is 42.5 Å². The molecule has 0 atom stereocenters. The van der Waals surface area contributed by atoms with Crippen molar-refractivity contribution in [3.63, 3.8) is 0 Å². The fourth-order valence-corrected chi connectivity index (χ4v) is 3.47. The van der Waals surface area contributed by atoms with Crippen molar-refractivity contribution in [2.24, 2.45) is 0 Å². The summed E-state index contributed by atoms with van der Waals surface area (Å²) in [5.74, 6) is 0. The van der Waals surface area contributed by atoms with E-state index in [4.69, 9.17) is 11.6 Å². The van der Waals surface area contributed by atoms with E-state index in [9.17, 15) is 0 Å². The van der Waals surface area contributed by atoms with Crippen LogP contribution in [0.1, 0.15) is 0 Å². The summed E-state index contributed by atoms with van der Waals surface area (Å²) in [7, 11) is 0. The van der Waals surface area contributed by atoms with Crippen molar-refractivity contribution >= 4 is 22.9 Å². The van der Waals surface area contributed by atoms with Crippen LogP contribution in [0.15, 0.2) is 78.9 Å². The number of rotatable bonds is 3. The lowest BCUT2D eigenvalue weighted by Gasteiger charge is -2.02. The highest BCUT2D eigenvalue weighted by molar-refractivity contribution is 7.17. The van der Waals surface area contributed by atoms with Crippen LogP contribution in [0.25, 0.3) is 32.3 Å². The van der Waals surface area contributed by atoms with Crippen LogP contribution in [0, 0.1) is 0 Å². The average molecular weight is 349 g/mol. The first-order valence-electron chi connectivity index (χ1n) is 7.55. The van der Waals surface area contributed by atoms with Gasteiger partial charge in [0.05, 0.1) is 0 Å². The molecule has 0 amide bonds. The third-order valence-corrected chi connectivity index (χ3v) is 5.03. The predicted octanol–water partition coefficient (Wildman–Crippen LogP) is 6.19. The van der Waals surface area contributed by atoms with Gasteiger partial charge in [-0.2, -0.15) is 0 Å². The first-order chi connectivity index (χ1) is 11.8. The molecular formula is C20H13ClN2S. The molecule has 4 heteroatoms. The predicted molar refractivity (Wildman–Crippen MR) is 101 cm³/mol. The van der Waals surface area contributed by atoms with Crippen LogP contribution in [0.3, 0.4) is 0 Å². The van der Waals surface area contributed by atoms with Crippen LogP contribution >= 0.6 is 22.9 Å². The van der Waals surface area contributed by atoms with E-state index in [1.165, 1.54) is 11.1 Å². The standard InChI is InChI=1S/C20H13ClN2S/c21-18-12-10-17(11-13-18)20-23-22-19(24-20)16-8-6-15(7-9-16)14-4-2-1-3-5-14/h1-13H. The highest BCUT2D eigenvalue weighted by Crippen LogP contribution is 2.31. The Morgan fingerprint density at radius 1 is 0.542 bits per heavy atom. The Balaban J connectivity index is 1.62. The van der Waals surface area contributed by atoms with E-state index in [2.05, 4.69) is 46.6 Å². The highest BCUT2D eigenvalue weighted by atomic mass is 35.5. The summed E-state index contributed by atoms with van der Waals surface area (Å²) in [6.45, 7) is 0. The van der Waals surface area contributed by atoms with Crippen LogP contribution in [0.2, 0.25) is 5.02 Å². The van der Waals surface area contributed by atoms with Gasteiger partial charge in [0.25, 0.3) is 0 Å². The summed E-state index contributed by atoms with van der Waals surface area (Å²) < 4.78 is 0. The normalized spacial score (nSPS) is 10.7. The second kappa shape index (κ2) is 6.56. The van der Waals surface area contributed by atoms with Crippen molar-refractivity contribution in [3.8, 4) is 32.3 Å². The number of halogens is 1. The number of aromatic nitrogens is 2. The zero-order chi connectivity index (χ0) is 16.4. The second-order valence-electron chi connectivity index (χ2n) is 5.36. The topological polar surface area (TPSA) is 25.8 Å². The molecule has 0 saturated heterocycles. The van der Waals surface area contributed by atoms with Crippen molar-refractivity contribution in [1.82, 2.24) is 10.2 Å². The fraction of sp³-hybridized carbons (Fsp3) is 0. The van der Waals surface area contributed by atoms with Gasteiger partial charge < -0.3 is 0 Å². The summed E-state index contributed by atoms with van der Waals surface area (Å²) >= 11 is 7.51. The van der Waals surface area contributed by atoms with E-state index >= 15 is 0 Å². The van der Waals surface area contributed by atoms with Gasteiger partial charge in [0.15, 0.2) is 0 Å². The van der Waals surface area contributed by atoms with Gasteiger partial charge in [0.1, 0.15) is 10.0 Å². The maximum Gasteiger partial charge on any atom is 0.148 e. The quantitative estimate of drug-likeness (QED) is 0.441. The van der Waals surface area contributed by atoms with Gasteiger partial charge in [0, 0.05) is 16.1 Å². The average Bonchev–Trinajstić information content (AvgIpc) is 3.13. The summed E-state index contributed by atoms with van der Waals surface area (Å²) in [4.78, 5) is 0. The van der Waals surface area contributed by atoms with Crippen LogP contribution in [0.5, 0.6) is 0 Å². The Kier molecular flexibility index (Phi) is 4.11. The molecule has 1 heterocycles. The van der Waals surface area contributed by atoms with Crippen LogP contribution < -0.4 is 0 Å². The fourth-order valence-electron chi connectivity index (χ4n) is 2.48. The molecule has 3 aromatic carbocycles. The first-order valence-corrected chi connectivity index (χ1v) is 8.74. The maximum absolute atomic E-state index is 5.93. The Bertz CT molecular complexity index is 945. The molecule has 1 aromatic heterocycles. The molecule has 0 unspecified atom stereocenters. The molecule has 0 aliphatic carbocycles. The van der Waals surface area contributed by atoms with E-state index < -0.39 is 0 Å². The van der Waals surface area contributed by atoms with Crippen molar-refractivity contribution in [2.45, 2.75) is 0 Å². The summed E-state index contributed by atoms with van der Waals surface area (Å²) in [5, 5.41) is 11.2. The molecule has 4 rings (SSSR count). The largest absolute Gasteiger partial charge is 0.148 e. The minimum atomic E-state index is 0.722. The molecule has 4 aromatic rings. The Labute approximate surface area is 149 Å². The van der Waals surface area contributed by atoms with Crippen LogP contribution in [-0.2, 0) is 0 Å². The smallest absolute Gasteiger partial charge is 0.138 e. The SMILES string of the molecule is Clc1ccc(-c2nnc(-c3ccc(-c4ccccc4)cc3)s2)cc1. The highest BCUT2D eigenvalue weighted by Gasteiger charge is 2.09. The molecule has 2 nitrogen and oxygen atoms in total. The molecular weight excluding hydrogens is 336 g/mol. The van der Waals surface area contributed by atoms with Gasteiger partial charge in [0.2, 0.25) is 0 Å². The van der Waals surface area contributed by atoms with Gasteiger partial charge in [-0.15, -0.1) is 10.2 Å². The number of nitrogens with zero attached hydrogens (tertiary/aromatic N) is 2. The van der Waals surface area contributed by atoms with Crippen LogP contribution in [0.4, 0.5) is 0 Å². The Morgan fingerprint density at radius 2 is 1.00 bits per heavy atom. The zero-order valence-corrected chi connectivity index (χ0v) is 14.3. The minimum absolute atomic E-state index is 0.722. The molecule has 0 saturated carbocycles. The van der Waals surface area contributed by atoms with E-state index in [-0.39, 0.29) is 0 Å². The van der Waals surface area contributed by atoms with Gasteiger partial charge in [-0.05, 0) is 23.3 Å². The number of hydrogen-bond acceptors (Lipinski definition) is 3. The number of benzene rings is 3. The van der Waals surface area contributed by atoms with Crippen molar-refractivity contribution in [3.05, 3.63) is 83.9 Å². The van der Waals surface area contributed by atoms with Gasteiger partial charge in [-0.3, -0.25) is 0 Å². The molecule has 0 radical (unpaired) electrons. The molecule has 0 spiro atoms. The van der Waals surface area contributed by atoms with E-state index in [0.29, 0.717) is 0 Å². The zero-order valence-electron chi connectivity index (χ0n) is 12.7. The lowest BCUT2D eigenvalue weighted by atomic mass is 10.0. The minimum Gasteiger partial charge on any atom is -0.138 e. The summed E-state index contributed by atoms with van der Waals surface area (Å²) in [5.41, 5.74) is 4.52. The van der Waals surface area contributed by atoms with Crippen LogP contribution in [-0.4, -0.2) is 10.2 Å². The van der Waals surface area contributed by atoms with E-state index in [0.717, 1.165) is 26.2 Å².